The summed E-state index contributed by atoms with van der Waals surface area (Å²) in [6, 6.07) is 7.91. The second kappa shape index (κ2) is 7.33. The summed E-state index contributed by atoms with van der Waals surface area (Å²) in [6.45, 7) is 3.97. The van der Waals surface area contributed by atoms with Gasteiger partial charge in [-0.05, 0) is 11.6 Å². The van der Waals surface area contributed by atoms with Crippen molar-refractivity contribution in [3.8, 4) is 0 Å². The van der Waals surface area contributed by atoms with Gasteiger partial charge in [-0.1, -0.05) is 18.2 Å². The van der Waals surface area contributed by atoms with Crippen molar-refractivity contribution >= 4 is 34.0 Å². The lowest BCUT2D eigenvalue weighted by Gasteiger charge is -2.35. The highest BCUT2D eigenvalue weighted by molar-refractivity contribution is 7.13. The zero-order chi connectivity index (χ0) is 17.9. The number of guanidine groups is 1. The Hall–Kier alpha value is -2.61. The number of hydrogen-bond acceptors (Lipinski definition) is 5. The Kier molecular flexibility index (Phi) is 4.75. The monoisotopic (exact) mass is 370 g/mol. The van der Waals surface area contributed by atoms with Gasteiger partial charge in [0.2, 0.25) is 5.91 Å². The largest absolute Gasteiger partial charge is 0.370 e. The molecule has 1 fully saturated rings. The molecule has 1 atom stereocenters. The molecule has 2 aliphatic heterocycles. The molecule has 0 bridgehead atoms. The smallest absolute Gasteiger partial charge is 0.225 e. The van der Waals surface area contributed by atoms with E-state index in [0.29, 0.717) is 18.9 Å². The minimum absolute atomic E-state index is 0.0412. The fourth-order valence-corrected chi connectivity index (χ4v) is 4.16. The number of nitrogens with zero attached hydrogens (tertiary/aromatic N) is 4. The van der Waals surface area contributed by atoms with E-state index in [1.165, 1.54) is 0 Å². The quantitative estimate of drug-likeness (QED) is 0.634. The summed E-state index contributed by atoms with van der Waals surface area (Å²) in [5.74, 6) is 0.682. The third-order valence-corrected chi connectivity index (χ3v) is 5.71. The first-order valence-electron chi connectivity index (χ1n) is 8.79. The summed E-state index contributed by atoms with van der Waals surface area (Å²) in [5.41, 5.74) is 8.25. The zero-order valence-corrected chi connectivity index (χ0v) is 15.3. The highest BCUT2D eigenvalue weighted by Gasteiger charge is 2.25. The third-order valence-electron chi connectivity index (χ3n) is 4.87. The summed E-state index contributed by atoms with van der Waals surface area (Å²) in [7, 11) is 0. The van der Waals surface area contributed by atoms with Crippen LogP contribution in [-0.2, 0) is 4.79 Å². The van der Waals surface area contributed by atoms with Crippen molar-refractivity contribution in [3.63, 3.8) is 0 Å². The second-order valence-electron chi connectivity index (χ2n) is 6.52. The standard InChI is InChI=1S/C18H22N6OS/c19-17(23-6-8-24(9-7-23)18-20-5-10-26-18)21-12-13-11-16(25)22-15-4-2-1-3-14(13)15/h1-5,10,13H,6-9,11-12H2,(H2,19,21)(H,22,25). The molecule has 1 aromatic heterocycles. The average Bonchev–Trinajstić information content (AvgIpc) is 3.20. The van der Waals surface area contributed by atoms with Gasteiger partial charge in [-0.25, -0.2) is 4.98 Å². The van der Waals surface area contributed by atoms with E-state index in [4.69, 9.17) is 5.73 Å². The van der Waals surface area contributed by atoms with E-state index < -0.39 is 0 Å². The Morgan fingerprint density at radius 3 is 2.88 bits per heavy atom. The maximum absolute atomic E-state index is 11.9. The van der Waals surface area contributed by atoms with Crippen LogP contribution < -0.4 is 16.0 Å². The Morgan fingerprint density at radius 1 is 1.31 bits per heavy atom. The lowest BCUT2D eigenvalue weighted by atomic mass is 9.91. The molecule has 4 rings (SSSR count). The molecule has 3 heterocycles. The Balaban J connectivity index is 1.38. The maximum atomic E-state index is 11.9. The number of rotatable bonds is 3. The van der Waals surface area contributed by atoms with E-state index in [0.717, 1.165) is 42.6 Å². The number of aliphatic imine (C=N–C) groups is 1. The highest BCUT2D eigenvalue weighted by atomic mass is 32.1. The molecular formula is C18H22N6OS. The minimum Gasteiger partial charge on any atom is -0.370 e. The van der Waals surface area contributed by atoms with E-state index in [2.05, 4.69) is 31.2 Å². The minimum atomic E-state index is 0.0412. The van der Waals surface area contributed by atoms with Crippen molar-refractivity contribution in [3.05, 3.63) is 41.4 Å². The number of thiazole rings is 1. The number of amides is 1. The van der Waals surface area contributed by atoms with Gasteiger partial charge >= 0.3 is 0 Å². The van der Waals surface area contributed by atoms with Crippen LogP contribution in [0.1, 0.15) is 17.9 Å². The number of aromatic nitrogens is 1. The zero-order valence-electron chi connectivity index (χ0n) is 14.5. The van der Waals surface area contributed by atoms with Gasteiger partial charge in [0.25, 0.3) is 0 Å². The molecule has 1 aromatic carbocycles. The SMILES string of the molecule is NC(=NCC1CC(=O)Nc2ccccc21)N1CCN(c2nccs2)CC1. The van der Waals surface area contributed by atoms with Gasteiger partial charge in [-0.3, -0.25) is 9.79 Å². The molecule has 0 saturated carbocycles. The summed E-state index contributed by atoms with van der Waals surface area (Å²) in [6.07, 6.45) is 2.28. The first-order chi connectivity index (χ1) is 12.7. The molecule has 0 radical (unpaired) electrons. The molecular weight excluding hydrogens is 348 g/mol. The summed E-state index contributed by atoms with van der Waals surface area (Å²) >= 11 is 1.66. The predicted octanol–water partition coefficient (Wildman–Crippen LogP) is 1.71. The molecule has 1 saturated heterocycles. The van der Waals surface area contributed by atoms with Crippen molar-refractivity contribution in [2.24, 2.45) is 10.7 Å². The molecule has 1 unspecified atom stereocenters. The van der Waals surface area contributed by atoms with Crippen molar-refractivity contribution in [1.82, 2.24) is 9.88 Å². The number of carbonyl (C=O) groups is 1. The first kappa shape index (κ1) is 16.8. The molecule has 26 heavy (non-hydrogen) atoms. The van der Waals surface area contributed by atoms with Crippen LogP contribution in [0, 0.1) is 0 Å². The van der Waals surface area contributed by atoms with E-state index in [9.17, 15) is 4.79 Å². The van der Waals surface area contributed by atoms with Gasteiger partial charge in [0.15, 0.2) is 11.1 Å². The molecule has 0 spiro atoms. The van der Waals surface area contributed by atoms with E-state index >= 15 is 0 Å². The molecule has 0 aliphatic carbocycles. The molecule has 136 valence electrons. The number of fused-ring (bicyclic) bond motifs is 1. The van der Waals surface area contributed by atoms with Crippen molar-refractivity contribution in [2.75, 3.05) is 42.9 Å². The van der Waals surface area contributed by atoms with Gasteiger partial charge < -0.3 is 20.9 Å². The van der Waals surface area contributed by atoms with Gasteiger partial charge in [0.1, 0.15) is 0 Å². The van der Waals surface area contributed by atoms with E-state index in [1.54, 1.807) is 11.3 Å². The summed E-state index contributed by atoms with van der Waals surface area (Å²) < 4.78 is 0. The number of anilines is 2. The van der Waals surface area contributed by atoms with Crippen LogP contribution in [0.2, 0.25) is 0 Å². The first-order valence-corrected chi connectivity index (χ1v) is 9.67. The molecule has 2 aromatic rings. The van der Waals surface area contributed by atoms with Crippen LogP contribution in [0.25, 0.3) is 0 Å². The van der Waals surface area contributed by atoms with Crippen LogP contribution in [-0.4, -0.2) is 54.5 Å². The number of benzene rings is 1. The number of carbonyl (C=O) groups excluding carboxylic acids is 1. The fourth-order valence-electron chi connectivity index (χ4n) is 3.47. The molecule has 2 aliphatic rings. The van der Waals surface area contributed by atoms with Crippen molar-refractivity contribution in [2.45, 2.75) is 12.3 Å². The van der Waals surface area contributed by atoms with Crippen LogP contribution in [0.5, 0.6) is 0 Å². The Bertz CT molecular complexity index is 798. The van der Waals surface area contributed by atoms with Crippen LogP contribution in [0.3, 0.4) is 0 Å². The molecule has 1 amide bonds. The molecule has 7 nitrogen and oxygen atoms in total. The fraction of sp³-hybridized carbons (Fsp3) is 0.389. The van der Waals surface area contributed by atoms with Crippen molar-refractivity contribution in [1.29, 1.82) is 0 Å². The Labute approximate surface area is 156 Å². The lowest BCUT2D eigenvalue weighted by molar-refractivity contribution is -0.116. The van der Waals surface area contributed by atoms with Gasteiger partial charge in [-0.2, -0.15) is 0 Å². The van der Waals surface area contributed by atoms with Crippen LogP contribution >= 0.6 is 11.3 Å². The van der Waals surface area contributed by atoms with Gasteiger partial charge in [0.05, 0.1) is 6.54 Å². The number of piperazine rings is 1. The predicted molar refractivity (Wildman–Crippen MR) is 105 cm³/mol. The van der Waals surface area contributed by atoms with Crippen LogP contribution in [0.15, 0.2) is 40.8 Å². The lowest BCUT2D eigenvalue weighted by Crippen LogP contribution is -2.51. The topological polar surface area (TPSA) is 86.8 Å². The normalized spacial score (nSPS) is 20.7. The second-order valence-corrected chi connectivity index (χ2v) is 7.40. The molecule has 8 heteroatoms. The van der Waals surface area contributed by atoms with E-state index in [-0.39, 0.29) is 11.8 Å². The van der Waals surface area contributed by atoms with Crippen molar-refractivity contribution < 1.29 is 4.79 Å². The number of nitrogens with one attached hydrogen (secondary N) is 1. The number of hydrogen-bond donors (Lipinski definition) is 2. The highest BCUT2D eigenvalue weighted by Crippen LogP contribution is 2.32. The number of nitrogens with two attached hydrogens (primary N) is 1. The molecule has 3 N–H and O–H groups in total. The number of para-hydroxylation sites is 1. The average molecular weight is 370 g/mol. The third kappa shape index (κ3) is 3.50. The summed E-state index contributed by atoms with van der Waals surface area (Å²) in [4.78, 5) is 25.3. The van der Waals surface area contributed by atoms with Gasteiger partial charge in [-0.15, -0.1) is 11.3 Å². The van der Waals surface area contributed by atoms with Crippen LogP contribution in [0.4, 0.5) is 10.8 Å². The Morgan fingerprint density at radius 2 is 2.12 bits per heavy atom. The van der Waals surface area contributed by atoms with E-state index in [1.807, 2.05) is 29.8 Å². The maximum Gasteiger partial charge on any atom is 0.225 e. The van der Waals surface area contributed by atoms with Gasteiger partial charge in [0, 0.05) is 55.8 Å². The summed E-state index contributed by atoms with van der Waals surface area (Å²) in [5, 5.41) is 5.98.